The lowest BCUT2D eigenvalue weighted by molar-refractivity contribution is -0.141. The first-order valence-electron chi connectivity index (χ1n) is 6.46. The van der Waals surface area contributed by atoms with E-state index in [9.17, 15) is 9.59 Å². The average Bonchev–Trinajstić information content (AvgIpc) is 2.22. The number of methoxy groups -OCH3 is 1. The predicted octanol–water partition coefficient (Wildman–Crippen LogP) is 2.47. The van der Waals surface area contributed by atoms with Crippen molar-refractivity contribution in [2.75, 3.05) is 20.7 Å². The number of hydrogen-bond donors (Lipinski definition) is 0. The first-order chi connectivity index (χ1) is 8.15. The highest BCUT2D eigenvalue weighted by atomic mass is 16.5. The SMILES string of the molecule is COC(=O)CCN(C)C(=O)CC(C)CC(C)(C)C. The van der Waals surface area contributed by atoms with Gasteiger partial charge in [0.15, 0.2) is 0 Å². The van der Waals surface area contributed by atoms with E-state index in [2.05, 4.69) is 32.4 Å². The number of ether oxygens (including phenoxy) is 1. The third-order valence-electron chi connectivity index (χ3n) is 2.79. The van der Waals surface area contributed by atoms with Gasteiger partial charge in [-0.2, -0.15) is 0 Å². The van der Waals surface area contributed by atoms with Crippen molar-refractivity contribution in [1.82, 2.24) is 4.90 Å². The molecular weight excluding hydrogens is 230 g/mol. The van der Waals surface area contributed by atoms with Gasteiger partial charge in [0, 0.05) is 20.0 Å². The Morgan fingerprint density at radius 3 is 2.28 bits per heavy atom. The van der Waals surface area contributed by atoms with Crippen LogP contribution in [-0.4, -0.2) is 37.5 Å². The van der Waals surface area contributed by atoms with Gasteiger partial charge >= 0.3 is 5.97 Å². The Balaban J connectivity index is 4.04. The number of carbonyl (C=O) groups excluding carboxylic acids is 2. The summed E-state index contributed by atoms with van der Waals surface area (Å²) in [7, 11) is 3.09. The van der Waals surface area contributed by atoms with Crippen molar-refractivity contribution in [1.29, 1.82) is 0 Å². The van der Waals surface area contributed by atoms with Crippen molar-refractivity contribution < 1.29 is 14.3 Å². The molecule has 1 amide bonds. The van der Waals surface area contributed by atoms with Crippen LogP contribution in [0.1, 0.15) is 47.0 Å². The monoisotopic (exact) mass is 257 g/mol. The topological polar surface area (TPSA) is 46.6 Å². The van der Waals surface area contributed by atoms with Crippen molar-refractivity contribution in [3.05, 3.63) is 0 Å². The first-order valence-corrected chi connectivity index (χ1v) is 6.46. The Bertz CT molecular complexity index is 281. The van der Waals surface area contributed by atoms with Crippen molar-refractivity contribution in [2.24, 2.45) is 11.3 Å². The summed E-state index contributed by atoms with van der Waals surface area (Å²) in [5.74, 6) is 0.172. The van der Waals surface area contributed by atoms with Crippen LogP contribution in [-0.2, 0) is 14.3 Å². The molecule has 0 aromatic carbocycles. The molecule has 18 heavy (non-hydrogen) atoms. The normalized spacial score (nSPS) is 13.0. The smallest absolute Gasteiger partial charge is 0.307 e. The fourth-order valence-electron chi connectivity index (χ4n) is 2.06. The van der Waals surface area contributed by atoms with E-state index in [4.69, 9.17) is 0 Å². The molecule has 0 bridgehead atoms. The molecular formula is C14H27NO3. The average molecular weight is 257 g/mol. The highest BCUT2D eigenvalue weighted by Gasteiger charge is 2.19. The minimum atomic E-state index is -0.280. The number of hydrogen-bond acceptors (Lipinski definition) is 3. The molecule has 4 nitrogen and oxygen atoms in total. The van der Waals surface area contributed by atoms with E-state index < -0.39 is 0 Å². The molecule has 1 atom stereocenters. The van der Waals surface area contributed by atoms with Gasteiger partial charge in [-0.15, -0.1) is 0 Å². The fraction of sp³-hybridized carbons (Fsp3) is 0.857. The van der Waals surface area contributed by atoms with E-state index in [1.54, 1.807) is 11.9 Å². The molecule has 0 rings (SSSR count). The standard InChI is InChI=1S/C14H27NO3/c1-11(10-14(2,3)4)9-12(16)15(5)8-7-13(17)18-6/h11H,7-10H2,1-6H3. The summed E-state index contributed by atoms with van der Waals surface area (Å²) in [5.41, 5.74) is 0.240. The largest absolute Gasteiger partial charge is 0.469 e. The Labute approximate surface area is 111 Å². The van der Waals surface area contributed by atoms with Crippen LogP contribution in [0.5, 0.6) is 0 Å². The maximum Gasteiger partial charge on any atom is 0.307 e. The summed E-state index contributed by atoms with van der Waals surface area (Å²) in [6.45, 7) is 9.05. The summed E-state index contributed by atoms with van der Waals surface area (Å²) < 4.78 is 4.55. The zero-order chi connectivity index (χ0) is 14.3. The van der Waals surface area contributed by atoms with E-state index in [-0.39, 0.29) is 23.7 Å². The second-order valence-corrected chi connectivity index (χ2v) is 6.22. The molecule has 0 saturated carbocycles. The lowest BCUT2D eigenvalue weighted by atomic mass is 9.84. The molecule has 0 radical (unpaired) electrons. The number of esters is 1. The summed E-state index contributed by atoms with van der Waals surface area (Å²) in [5, 5.41) is 0. The van der Waals surface area contributed by atoms with Gasteiger partial charge < -0.3 is 9.64 Å². The van der Waals surface area contributed by atoms with Gasteiger partial charge in [0.1, 0.15) is 0 Å². The predicted molar refractivity (Wildman–Crippen MR) is 72.1 cm³/mol. The quantitative estimate of drug-likeness (QED) is 0.687. The van der Waals surface area contributed by atoms with E-state index in [1.165, 1.54) is 7.11 Å². The molecule has 0 spiro atoms. The first kappa shape index (κ1) is 16.9. The van der Waals surface area contributed by atoms with Crippen LogP contribution >= 0.6 is 0 Å². The number of nitrogens with zero attached hydrogens (tertiary/aromatic N) is 1. The molecule has 106 valence electrons. The lowest BCUT2D eigenvalue weighted by Gasteiger charge is -2.24. The Morgan fingerprint density at radius 2 is 1.83 bits per heavy atom. The van der Waals surface area contributed by atoms with Crippen molar-refractivity contribution in [3.8, 4) is 0 Å². The minimum absolute atomic E-state index is 0.0932. The van der Waals surface area contributed by atoms with Gasteiger partial charge in [-0.1, -0.05) is 27.7 Å². The summed E-state index contributed by atoms with van der Waals surface area (Å²) >= 11 is 0. The fourth-order valence-corrected chi connectivity index (χ4v) is 2.06. The molecule has 0 aliphatic heterocycles. The van der Waals surface area contributed by atoms with E-state index >= 15 is 0 Å². The van der Waals surface area contributed by atoms with Crippen LogP contribution in [0.3, 0.4) is 0 Å². The third kappa shape index (κ3) is 8.09. The van der Waals surface area contributed by atoms with E-state index in [0.717, 1.165) is 6.42 Å². The number of carbonyl (C=O) groups is 2. The number of amides is 1. The van der Waals surface area contributed by atoms with E-state index in [1.807, 2.05) is 0 Å². The molecule has 1 unspecified atom stereocenters. The summed E-state index contributed by atoms with van der Waals surface area (Å²) in [6.07, 6.45) is 1.81. The van der Waals surface area contributed by atoms with Gasteiger partial charge in [0.25, 0.3) is 0 Å². The van der Waals surface area contributed by atoms with Crippen LogP contribution in [0.15, 0.2) is 0 Å². The van der Waals surface area contributed by atoms with Gasteiger partial charge in [0.2, 0.25) is 5.91 Å². The maximum atomic E-state index is 11.9. The van der Waals surface area contributed by atoms with Crippen LogP contribution < -0.4 is 0 Å². The van der Waals surface area contributed by atoms with Crippen molar-refractivity contribution >= 4 is 11.9 Å². The minimum Gasteiger partial charge on any atom is -0.469 e. The molecule has 0 N–H and O–H groups in total. The Hall–Kier alpha value is -1.06. The van der Waals surface area contributed by atoms with Crippen LogP contribution in [0.4, 0.5) is 0 Å². The van der Waals surface area contributed by atoms with Crippen LogP contribution in [0, 0.1) is 11.3 Å². The zero-order valence-electron chi connectivity index (χ0n) is 12.6. The number of rotatable bonds is 6. The second kappa shape index (κ2) is 7.39. The highest BCUT2D eigenvalue weighted by molar-refractivity contribution is 5.77. The third-order valence-corrected chi connectivity index (χ3v) is 2.79. The molecule has 0 aliphatic rings. The molecule has 0 heterocycles. The summed E-state index contributed by atoms with van der Waals surface area (Å²) in [6, 6.07) is 0. The molecule has 0 aromatic rings. The van der Waals surface area contributed by atoms with Crippen LogP contribution in [0.25, 0.3) is 0 Å². The van der Waals surface area contributed by atoms with E-state index in [0.29, 0.717) is 18.9 Å². The molecule has 0 fully saturated rings. The molecule has 0 saturated heterocycles. The zero-order valence-corrected chi connectivity index (χ0v) is 12.6. The van der Waals surface area contributed by atoms with Gasteiger partial charge in [-0.3, -0.25) is 9.59 Å². The Kier molecular flexibility index (Phi) is 6.96. The highest BCUT2D eigenvalue weighted by Crippen LogP contribution is 2.26. The molecule has 0 aliphatic carbocycles. The lowest BCUT2D eigenvalue weighted by Crippen LogP contribution is -2.31. The van der Waals surface area contributed by atoms with Crippen molar-refractivity contribution in [3.63, 3.8) is 0 Å². The molecule has 4 heteroatoms. The molecule has 0 aromatic heterocycles. The van der Waals surface area contributed by atoms with Gasteiger partial charge in [-0.25, -0.2) is 0 Å². The van der Waals surface area contributed by atoms with Crippen molar-refractivity contribution in [2.45, 2.75) is 47.0 Å². The maximum absolute atomic E-state index is 11.9. The van der Waals surface area contributed by atoms with Gasteiger partial charge in [0.05, 0.1) is 13.5 Å². The summed E-state index contributed by atoms with van der Waals surface area (Å²) in [4.78, 5) is 24.5. The Morgan fingerprint density at radius 1 is 1.28 bits per heavy atom. The second-order valence-electron chi connectivity index (χ2n) is 6.22. The van der Waals surface area contributed by atoms with Gasteiger partial charge in [-0.05, 0) is 17.8 Å². The van der Waals surface area contributed by atoms with Crippen LogP contribution in [0.2, 0.25) is 0 Å².